The lowest BCUT2D eigenvalue weighted by molar-refractivity contribution is -0.384. The van der Waals surface area contributed by atoms with Gasteiger partial charge in [-0.3, -0.25) is 10.1 Å². The Morgan fingerprint density at radius 2 is 2.12 bits per heavy atom. The number of nitro benzene ring substituents is 1. The van der Waals surface area contributed by atoms with Gasteiger partial charge < -0.3 is 4.74 Å². The Balaban J connectivity index is 2.62. The highest BCUT2D eigenvalue weighted by atomic mass is 32.2. The molecule has 0 aliphatic heterocycles. The second kappa shape index (κ2) is 8.06. The maximum atomic E-state index is 12.6. The number of rotatable bonds is 6. The molecule has 0 bridgehead atoms. The van der Waals surface area contributed by atoms with Crippen LogP contribution < -0.4 is 0 Å². The molecule has 0 aliphatic rings. The second-order valence-electron chi connectivity index (χ2n) is 5.45. The third kappa shape index (κ3) is 4.33. The number of esters is 1. The summed E-state index contributed by atoms with van der Waals surface area (Å²) >= 11 is 1.33. The molecule has 2 aromatic rings. The fraction of sp³-hybridized carbons (Fsp3) is 0.353. The number of nitro groups is 1. The SMILES string of the molecule is CCC(C)OC(=O)c1c(C)nc(SC)nc1-c1cccc([N+](=O)[O-])c1. The van der Waals surface area contributed by atoms with Crippen molar-refractivity contribution in [3.63, 3.8) is 0 Å². The predicted molar refractivity (Wildman–Crippen MR) is 95.8 cm³/mol. The third-order valence-corrected chi connectivity index (χ3v) is 4.22. The molecule has 1 aromatic carbocycles. The lowest BCUT2D eigenvalue weighted by Gasteiger charge is -2.15. The minimum atomic E-state index is -0.527. The molecule has 8 heteroatoms. The van der Waals surface area contributed by atoms with E-state index in [1.165, 1.54) is 23.9 Å². The number of hydrogen-bond acceptors (Lipinski definition) is 7. The molecule has 1 heterocycles. The van der Waals surface area contributed by atoms with Gasteiger partial charge in [-0.2, -0.15) is 0 Å². The van der Waals surface area contributed by atoms with Gasteiger partial charge in [0.2, 0.25) is 0 Å². The summed E-state index contributed by atoms with van der Waals surface area (Å²) in [6.45, 7) is 5.42. The van der Waals surface area contributed by atoms with E-state index >= 15 is 0 Å². The highest BCUT2D eigenvalue weighted by molar-refractivity contribution is 7.98. The maximum Gasteiger partial charge on any atom is 0.342 e. The van der Waals surface area contributed by atoms with Crippen molar-refractivity contribution in [1.29, 1.82) is 0 Å². The predicted octanol–water partition coefficient (Wildman–Crippen LogP) is 4.04. The van der Waals surface area contributed by atoms with Crippen LogP contribution in [0.2, 0.25) is 0 Å². The van der Waals surface area contributed by atoms with E-state index in [1.807, 2.05) is 13.2 Å². The van der Waals surface area contributed by atoms with Gasteiger partial charge in [0, 0.05) is 17.7 Å². The maximum absolute atomic E-state index is 12.6. The second-order valence-corrected chi connectivity index (χ2v) is 6.22. The smallest absolute Gasteiger partial charge is 0.342 e. The Kier molecular flexibility index (Phi) is 6.08. The van der Waals surface area contributed by atoms with Crippen LogP contribution in [0.15, 0.2) is 29.4 Å². The van der Waals surface area contributed by atoms with E-state index in [4.69, 9.17) is 4.74 Å². The molecule has 0 fully saturated rings. The molecule has 132 valence electrons. The minimum absolute atomic E-state index is 0.0688. The highest BCUT2D eigenvalue weighted by Gasteiger charge is 2.23. The number of ether oxygens (including phenoxy) is 1. The summed E-state index contributed by atoms with van der Waals surface area (Å²) in [7, 11) is 0. The van der Waals surface area contributed by atoms with Crippen LogP contribution in [0.25, 0.3) is 11.3 Å². The van der Waals surface area contributed by atoms with E-state index in [9.17, 15) is 14.9 Å². The molecule has 0 N–H and O–H groups in total. The molecular formula is C17H19N3O4S. The van der Waals surface area contributed by atoms with Gasteiger partial charge in [0.15, 0.2) is 5.16 Å². The van der Waals surface area contributed by atoms with Crippen LogP contribution in [0.3, 0.4) is 0 Å². The zero-order valence-corrected chi connectivity index (χ0v) is 15.3. The lowest BCUT2D eigenvalue weighted by atomic mass is 10.0. The average Bonchev–Trinajstić information content (AvgIpc) is 2.60. The first-order valence-electron chi connectivity index (χ1n) is 7.75. The summed E-state index contributed by atoms with van der Waals surface area (Å²) in [6, 6.07) is 6.03. The van der Waals surface area contributed by atoms with E-state index in [1.54, 1.807) is 26.0 Å². The first-order valence-corrected chi connectivity index (χ1v) is 8.98. The number of hydrogen-bond donors (Lipinski definition) is 0. The molecule has 0 spiro atoms. The zero-order valence-electron chi connectivity index (χ0n) is 14.5. The van der Waals surface area contributed by atoms with Crippen molar-refractivity contribution in [2.45, 2.75) is 38.5 Å². The van der Waals surface area contributed by atoms with Crippen LogP contribution in [0.5, 0.6) is 0 Å². The number of aromatic nitrogens is 2. The zero-order chi connectivity index (χ0) is 18.6. The van der Waals surface area contributed by atoms with Crippen molar-refractivity contribution in [2.24, 2.45) is 0 Å². The number of aryl methyl sites for hydroxylation is 1. The highest BCUT2D eigenvalue weighted by Crippen LogP contribution is 2.29. The van der Waals surface area contributed by atoms with Crippen molar-refractivity contribution in [3.05, 3.63) is 45.6 Å². The Hall–Kier alpha value is -2.48. The van der Waals surface area contributed by atoms with Gasteiger partial charge in [0.1, 0.15) is 5.56 Å². The van der Waals surface area contributed by atoms with Crippen LogP contribution in [0, 0.1) is 17.0 Å². The number of carbonyl (C=O) groups is 1. The van der Waals surface area contributed by atoms with E-state index < -0.39 is 10.9 Å². The van der Waals surface area contributed by atoms with Crippen molar-refractivity contribution >= 4 is 23.4 Å². The standard InChI is InChI=1S/C17H19N3O4S/c1-5-10(2)24-16(21)14-11(3)18-17(25-4)19-15(14)12-7-6-8-13(9-12)20(22)23/h6-10H,5H2,1-4H3. The Morgan fingerprint density at radius 1 is 1.40 bits per heavy atom. The van der Waals surface area contributed by atoms with Gasteiger partial charge in [-0.1, -0.05) is 30.8 Å². The molecule has 7 nitrogen and oxygen atoms in total. The van der Waals surface area contributed by atoms with Gasteiger partial charge in [0.05, 0.1) is 22.4 Å². The molecule has 0 saturated carbocycles. The van der Waals surface area contributed by atoms with E-state index in [0.717, 1.165) is 0 Å². The normalized spacial score (nSPS) is 11.8. The first-order chi connectivity index (χ1) is 11.9. The molecule has 0 radical (unpaired) electrons. The van der Waals surface area contributed by atoms with E-state index in [2.05, 4.69) is 9.97 Å². The van der Waals surface area contributed by atoms with Crippen molar-refractivity contribution < 1.29 is 14.5 Å². The van der Waals surface area contributed by atoms with Crippen LogP contribution in [-0.4, -0.2) is 33.2 Å². The summed E-state index contributed by atoms with van der Waals surface area (Å²) in [6.07, 6.45) is 2.26. The molecular weight excluding hydrogens is 342 g/mol. The Labute approximate surface area is 150 Å². The van der Waals surface area contributed by atoms with E-state index in [0.29, 0.717) is 28.5 Å². The lowest BCUT2D eigenvalue weighted by Crippen LogP contribution is -2.17. The Morgan fingerprint density at radius 3 is 2.72 bits per heavy atom. The monoisotopic (exact) mass is 361 g/mol. The number of nitrogens with zero attached hydrogens (tertiary/aromatic N) is 3. The van der Waals surface area contributed by atoms with Gasteiger partial charge in [-0.25, -0.2) is 14.8 Å². The summed E-state index contributed by atoms with van der Waals surface area (Å²) in [4.78, 5) is 31.9. The molecule has 25 heavy (non-hydrogen) atoms. The number of thioether (sulfide) groups is 1. The van der Waals surface area contributed by atoms with Gasteiger partial charge in [0.25, 0.3) is 5.69 Å². The molecule has 1 unspecified atom stereocenters. The number of benzene rings is 1. The molecule has 0 amide bonds. The molecule has 0 saturated heterocycles. The van der Waals surface area contributed by atoms with Crippen molar-refractivity contribution in [3.8, 4) is 11.3 Å². The molecule has 1 atom stereocenters. The fourth-order valence-electron chi connectivity index (χ4n) is 2.18. The molecule has 0 aliphatic carbocycles. The number of non-ortho nitro benzene ring substituents is 1. The summed E-state index contributed by atoms with van der Waals surface area (Å²) in [5.41, 5.74) is 1.47. The summed E-state index contributed by atoms with van der Waals surface area (Å²) in [5.74, 6) is -0.527. The van der Waals surface area contributed by atoms with Crippen LogP contribution >= 0.6 is 11.8 Å². The van der Waals surface area contributed by atoms with Crippen molar-refractivity contribution in [1.82, 2.24) is 9.97 Å². The topological polar surface area (TPSA) is 95.2 Å². The third-order valence-electron chi connectivity index (χ3n) is 3.67. The fourth-order valence-corrected chi connectivity index (χ4v) is 2.59. The average molecular weight is 361 g/mol. The van der Waals surface area contributed by atoms with Gasteiger partial charge in [-0.15, -0.1) is 0 Å². The van der Waals surface area contributed by atoms with Gasteiger partial charge in [-0.05, 0) is 26.5 Å². The van der Waals surface area contributed by atoms with Crippen LogP contribution in [0.4, 0.5) is 5.69 Å². The summed E-state index contributed by atoms with van der Waals surface area (Å²) in [5, 5.41) is 11.5. The molecule has 1 aromatic heterocycles. The van der Waals surface area contributed by atoms with E-state index in [-0.39, 0.29) is 17.4 Å². The first kappa shape index (κ1) is 18.9. The molecule has 2 rings (SSSR count). The van der Waals surface area contributed by atoms with Crippen LogP contribution in [-0.2, 0) is 4.74 Å². The largest absolute Gasteiger partial charge is 0.459 e. The van der Waals surface area contributed by atoms with Crippen LogP contribution in [0.1, 0.15) is 36.3 Å². The van der Waals surface area contributed by atoms with Crippen molar-refractivity contribution in [2.75, 3.05) is 6.26 Å². The quantitative estimate of drug-likeness (QED) is 0.252. The van der Waals surface area contributed by atoms with Gasteiger partial charge >= 0.3 is 5.97 Å². The minimum Gasteiger partial charge on any atom is -0.459 e. The Bertz CT molecular complexity index is 810. The number of carbonyl (C=O) groups excluding carboxylic acids is 1. The summed E-state index contributed by atoms with van der Waals surface area (Å²) < 4.78 is 5.42.